The lowest BCUT2D eigenvalue weighted by molar-refractivity contribution is 0.0697. The maximum atomic E-state index is 11.0. The van der Waals surface area contributed by atoms with Gasteiger partial charge in [-0.1, -0.05) is 0 Å². The summed E-state index contributed by atoms with van der Waals surface area (Å²) in [6.45, 7) is 0. The first-order chi connectivity index (χ1) is 10.6. The SMILES string of the molecule is COc1ccc(-n2cnc3cc(C(=O)O)ccc32)c(OC)c1. The number of fused-ring (bicyclic) bond motifs is 1. The van der Waals surface area contributed by atoms with Crippen LogP contribution >= 0.6 is 0 Å². The summed E-state index contributed by atoms with van der Waals surface area (Å²) < 4.78 is 12.4. The van der Waals surface area contributed by atoms with Crippen molar-refractivity contribution in [3.8, 4) is 17.2 Å². The van der Waals surface area contributed by atoms with Gasteiger partial charge in [-0.2, -0.15) is 0 Å². The number of carboxylic acids is 1. The number of nitrogens with zero attached hydrogens (tertiary/aromatic N) is 2. The second-order valence-corrected chi connectivity index (χ2v) is 4.66. The van der Waals surface area contributed by atoms with E-state index in [1.807, 2.05) is 16.7 Å². The average molecular weight is 298 g/mol. The quantitative estimate of drug-likeness (QED) is 0.801. The molecule has 3 aromatic rings. The normalized spacial score (nSPS) is 10.6. The molecule has 22 heavy (non-hydrogen) atoms. The predicted molar refractivity (Wildman–Crippen MR) is 81.1 cm³/mol. The molecule has 0 unspecified atom stereocenters. The van der Waals surface area contributed by atoms with Gasteiger partial charge < -0.3 is 14.6 Å². The smallest absolute Gasteiger partial charge is 0.335 e. The van der Waals surface area contributed by atoms with Crippen LogP contribution < -0.4 is 9.47 Å². The Kier molecular flexibility index (Phi) is 3.42. The number of imidazole rings is 1. The zero-order valence-corrected chi connectivity index (χ0v) is 12.1. The van der Waals surface area contributed by atoms with Gasteiger partial charge in [-0.25, -0.2) is 9.78 Å². The highest BCUT2D eigenvalue weighted by atomic mass is 16.5. The van der Waals surface area contributed by atoms with Crippen molar-refractivity contribution >= 4 is 17.0 Å². The third kappa shape index (κ3) is 2.24. The molecular formula is C16H14N2O4. The highest BCUT2D eigenvalue weighted by Gasteiger charge is 2.12. The molecule has 0 fully saturated rings. The fourth-order valence-corrected chi connectivity index (χ4v) is 2.32. The molecule has 3 rings (SSSR count). The molecule has 0 aliphatic carbocycles. The summed E-state index contributed by atoms with van der Waals surface area (Å²) in [4.78, 5) is 15.3. The van der Waals surface area contributed by atoms with Crippen LogP contribution in [0.1, 0.15) is 10.4 Å². The molecule has 0 amide bonds. The fourth-order valence-electron chi connectivity index (χ4n) is 2.32. The number of carbonyl (C=O) groups is 1. The molecule has 0 aliphatic heterocycles. The Labute approximate surface area is 126 Å². The van der Waals surface area contributed by atoms with Gasteiger partial charge >= 0.3 is 5.97 Å². The van der Waals surface area contributed by atoms with Crippen molar-refractivity contribution in [2.24, 2.45) is 0 Å². The number of hydrogen-bond donors (Lipinski definition) is 1. The Morgan fingerprint density at radius 3 is 2.64 bits per heavy atom. The Balaban J connectivity index is 2.16. The van der Waals surface area contributed by atoms with Gasteiger partial charge in [0.25, 0.3) is 0 Å². The molecule has 0 spiro atoms. The summed E-state index contributed by atoms with van der Waals surface area (Å²) in [5.41, 5.74) is 2.42. The number of methoxy groups -OCH3 is 2. The molecule has 0 saturated carbocycles. The zero-order valence-electron chi connectivity index (χ0n) is 12.1. The van der Waals surface area contributed by atoms with Crippen LogP contribution in [-0.4, -0.2) is 34.8 Å². The molecule has 1 aromatic heterocycles. The summed E-state index contributed by atoms with van der Waals surface area (Å²) in [5.74, 6) is 0.359. The molecule has 6 nitrogen and oxygen atoms in total. The topological polar surface area (TPSA) is 73.6 Å². The maximum absolute atomic E-state index is 11.0. The third-order valence-electron chi connectivity index (χ3n) is 3.44. The largest absolute Gasteiger partial charge is 0.497 e. The lowest BCUT2D eigenvalue weighted by Crippen LogP contribution is -1.98. The van der Waals surface area contributed by atoms with Crippen molar-refractivity contribution in [1.29, 1.82) is 0 Å². The lowest BCUT2D eigenvalue weighted by Gasteiger charge is -2.11. The first kappa shape index (κ1) is 13.9. The third-order valence-corrected chi connectivity index (χ3v) is 3.44. The van der Waals surface area contributed by atoms with Crippen molar-refractivity contribution in [2.45, 2.75) is 0 Å². The Morgan fingerprint density at radius 1 is 1.14 bits per heavy atom. The van der Waals surface area contributed by atoms with Crippen LogP contribution in [0, 0.1) is 0 Å². The monoisotopic (exact) mass is 298 g/mol. The number of ether oxygens (including phenoxy) is 2. The average Bonchev–Trinajstić information content (AvgIpc) is 2.97. The zero-order chi connectivity index (χ0) is 15.7. The highest BCUT2D eigenvalue weighted by Crippen LogP contribution is 2.30. The lowest BCUT2D eigenvalue weighted by atomic mass is 10.2. The van der Waals surface area contributed by atoms with E-state index in [1.54, 1.807) is 44.8 Å². The molecule has 0 aliphatic rings. The molecule has 6 heteroatoms. The van der Waals surface area contributed by atoms with Crippen LogP contribution in [0.3, 0.4) is 0 Å². The van der Waals surface area contributed by atoms with E-state index in [9.17, 15) is 4.79 Å². The molecule has 2 aromatic carbocycles. The van der Waals surface area contributed by atoms with E-state index < -0.39 is 5.97 Å². The summed E-state index contributed by atoms with van der Waals surface area (Å²) in [6.07, 6.45) is 1.64. The first-order valence-electron chi connectivity index (χ1n) is 6.57. The molecule has 0 saturated heterocycles. The maximum Gasteiger partial charge on any atom is 0.335 e. The summed E-state index contributed by atoms with van der Waals surface area (Å²) in [7, 11) is 3.18. The van der Waals surface area contributed by atoms with Gasteiger partial charge in [0.05, 0.1) is 36.5 Å². The fraction of sp³-hybridized carbons (Fsp3) is 0.125. The number of benzene rings is 2. The highest BCUT2D eigenvalue weighted by molar-refractivity contribution is 5.92. The molecular weight excluding hydrogens is 284 g/mol. The summed E-state index contributed by atoms with van der Waals surface area (Å²) in [6, 6.07) is 10.3. The van der Waals surface area contributed by atoms with Gasteiger partial charge in [-0.05, 0) is 30.3 Å². The predicted octanol–water partition coefficient (Wildman–Crippen LogP) is 2.74. The van der Waals surface area contributed by atoms with Crippen LogP contribution in [0.25, 0.3) is 16.7 Å². The van der Waals surface area contributed by atoms with Crippen LogP contribution in [0.4, 0.5) is 0 Å². The first-order valence-corrected chi connectivity index (χ1v) is 6.57. The van der Waals surface area contributed by atoms with Crippen molar-refractivity contribution in [3.63, 3.8) is 0 Å². The number of rotatable bonds is 4. The van der Waals surface area contributed by atoms with E-state index in [4.69, 9.17) is 14.6 Å². The van der Waals surface area contributed by atoms with E-state index in [0.717, 1.165) is 11.2 Å². The number of aromatic carboxylic acids is 1. The summed E-state index contributed by atoms with van der Waals surface area (Å²) >= 11 is 0. The minimum atomic E-state index is -0.974. The summed E-state index contributed by atoms with van der Waals surface area (Å²) in [5, 5.41) is 9.04. The van der Waals surface area contributed by atoms with Crippen molar-refractivity contribution < 1.29 is 19.4 Å². The van der Waals surface area contributed by atoms with Gasteiger partial charge in [0, 0.05) is 6.07 Å². The van der Waals surface area contributed by atoms with Crippen LogP contribution in [-0.2, 0) is 0 Å². The molecule has 112 valence electrons. The van der Waals surface area contributed by atoms with Crippen LogP contribution in [0.5, 0.6) is 11.5 Å². The van der Waals surface area contributed by atoms with E-state index >= 15 is 0 Å². The Bertz CT molecular complexity index is 854. The van der Waals surface area contributed by atoms with Crippen LogP contribution in [0.2, 0.25) is 0 Å². The van der Waals surface area contributed by atoms with Crippen molar-refractivity contribution in [2.75, 3.05) is 14.2 Å². The van der Waals surface area contributed by atoms with Crippen molar-refractivity contribution in [3.05, 3.63) is 48.3 Å². The van der Waals surface area contributed by atoms with E-state index in [1.165, 1.54) is 0 Å². The van der Waals surface area contributed by atoms with E-state index in [-0.39, 0.29) is 5.56 Å². The number of aromatic nitrogens is 2. The van der Waals surface area contributed by atoms with E-state index in [0.29, 0.717) is 17.0 Å². The van der Waals surface area contributed by atoms with Gasteiger partial charge in [0.15, 0.2) is 0 Å². The second kappa shape index (κ2) is 5.40. The minimum Gasteiger partial charge on any atom is -0.497 e. The molecule has 0 bridgehead atoms. The minimum absolute atomic E-state index is 0.208. The van der Waals surface area contributed by atoms with Crippen LogP contribution in [0.15, 0.2) is 42.7 Å². The number of carboxylic acid groups (broad SMARTS) is 1. The second-order valence-electron chi connectivity index (χ2n) is 4.66. The number of hydrogen-bond acceptors (Lipinski definition) is 4. The molecule has 0 atom stereocenters. The van der Waals surface area contributed by atoms with Gasteiger partial charge in [0.2, 0.25) is 0 Å². The Morgan fingerprint density at radius 2 is 1.95 bits per heavy atom. The standard InChI is InChI=1S/C16H14N2O4/c1-21-11-4-6-14(15(8-11)22-2)18-9-17-12-7-10(16(19)20)3-5-13(12)18/h3-9H,1-2H3,(H,19,20). The molecule has 1 heterocycles. The molecule has 0 radical (unpaired) electrons. The van der Waals surface area contributed by atoms with Crippen molar-refractivity contribution in [1.82, 2.24) is 9.55 Å². The van der Waals surface area contributed by atoms with Gasteiger partial charge in [-0.15, -0.1) is 0 Å². The molecule has 1 N–H and O–H groups in total. The van der Waals surface area contributed by atoms with Gasteiger partial charge in [-0.3, -0.25) is 4.57 Å². The van der Waals surface area contributed by atoms with E-state index in [2.05, 4.69) is 4.98 Å². The Hall–Kier alpha value is -3.02. The van der Waals surface area contributed by atoms with Gasteiger partial charge in [0.1, 0.15) is 17.8 Å².